The van der Waals surface area contributed by atoms with Crippen LogP contribution in [0, 0.1) is 0 Å². The zero-order valence-corrected chi connectivity index (χ0v) is 18.1. The minimum absolute atomic E-state index is 0.452. The Morgan fingerprint density at radius 2 is 1.37 bits per heavy atom. The van der Waals surface area contributed by atoms with E-state index in [-0.39, 0.29) is 0 Å². The van der Waals surface area contributed by atoms with Gasteiger partial charge in [-0.1, -0.05) is 42.5 Å². The first kappa shape index (κ1) is 21.5. The van der Waals surface area contributed by atoms with Crippen LogP contribution in [0.3, 0.4) is 0 Å². The third kappa shape index (κ3) is 5.67. The fourth-order valence-electron chi connectivity index (χ4n) is 3.20. The van der Waals surface area contributed by atoms with E-state index in [0.29, 0.717) is 30.4 Å². The van der Waals surface area contributed by atoms with E-state index >= 15 is 0 Å². The van der Waals surface area contributed by atoms with Crippen molar-refractivity contribution in [2.45, 2.75) is 19.7 Å². The van der Waals surface area contributed by atoms with Crippen LogP contribution in [0.5, 0.6) is 17.2 Å². The second-order valence-corrected chi connectivity index (χ2v) is 7.27. The molecule has 5 heteroatoms. The molecule has 0 spiro atoms. The van der Waals surface area contributed by atoms with Gasteiger partial charge >= 0.3 is 0 Å². The Morgan fingerprint density at radius 3 is 2.00 bits per heavy atom. The first-order valence-corrected chi connectivity index (χ1v) is 9.99. The molecule has 0 aliphatic carbocycles. The van der Waals surface area contributed by atoms with Crippen LogP contribution in [-0.4, -0.2) is 28.3 Å². The van der Waals surface area contributed by atoms with Gasteiger partial charge in [0.15, 0.2) is 11.5 Å². The maximum atomic E-state index is 6.03. The molecule has 0 aliphatic rings. The molecule has 0 saturated heterocycles. The number of ether oxygens (including phenoxy) is 3. The third-order valence-corrected chi connectivity index (χ3v) is 4.83. The highest BCUT2D eigenvalue weighted by atomic mass is 16.5. The van der Waals surface area contributed by atoms with Crippen molar-refractivity contribution in [1.82, 2.24) is 5.32 Å². The van der Waals surface area contributed by atoms with Crippen LogP contribution >= 0.6 is 0 Å². The SMILES string of the molecule is COc1cc(CNCc2cccc(N(C)C)c2)cc(OC)c1OCc1ccccc1. The smallest absolute Gasteiger partial charge is 0.203 e. The molecule has 0 fully saturated rings. The molecule has 3 aromatic rings. The summed E-state index contributed by atoms with van der Waals surface area (Å²) in [5.41, 5.74) is 4.59. The molecule has 5 nitrogen and oxygen atoms in total. The zero-order valence-electron chi connectivity index (χ0n) is 18.1. The molecule has 1 N–H and O–H groups in total. The third-order valence-electron chi connectivity index (χ3n) is 4.83. The van der Waals surface area contributed by atoms with Gasteiger partial charge in [-0.2, -0.15) is 0 Å². The molecule has 0 heterocycles. The van der Waals surface area contributed by atoms with Gasteiger partial charge in [-0.15, -0.1) is 0 Å². The predicted molar refractivity (Wildman–Crippen MR) is 122 cm³/mol. The van der Waals surface area contributed by atoms with Gasteiger partial charge in [-0.25, -0.2) is 0 Å². The molecule has 0 atom stereocenters. The first-order chi connectivity index (χ1) is 14.6. The molecule has 3 aromatic carbocycles. The molecule has 30 heavy (non-hydrogen) atoms. The van der Waals surface area contributed by atoms with Crippen LogP contribution in [-0.2, 0) is 19.7 Å². The fraction of sp³-hybridized carbons (Fsp3) is 0.280. The van der Waals surface area contributed by atoms with Gasteiger partial charge in [0.25, 0.3) is 0 Å². The molecule has 0 amide bonds. The van der Waals surface area contributed by atoms with E-state index in [1.54, 1.807) is 14.2 Å². The Bertz CT molecular complexity index is 917. The largest absolute Gasteiger partial charge is 0.493 e. The number of anilines is 1. The number of methoxy groups -OCH3 is 2. The lowest BCUT2D eigenvalue weighted by Crippen LogP contribution is -2.14. The lowest BCUT2D eigenvalue weighted by Gasteiger charge is -2.17. The number of nitrogens with zero attached hydrogens (tertiary/aromatic N) is 1. The van der Waals surface area contributed by atoms with E-state index in [1.165, 1.54) is 11.3 Å². The van der Waals surface area contributed by atoms with Gasteiger partial charge in [-0.05, 0) is 41.0 Å². The Balaban J connectivity index is 1.67. The molecule has 0 unspecified atom stereocenters. The van der Waals surface area contributed by atoms with Crippen LogP contribution < -0.4 is 24.4 Å². The standard InChI is InChI=1S/C25H30N2O3/c1-27(2)22-12-8-11-20(13-22)16-26-17-21-14-23(28-3)25(24(15-21)29-4)30-18-19-9-6-5-7-10-19/h5-15,26H,16-18H2,1-4H3. The quantitative estimate of drug-likeness (QED) is 0.531. The summed E-state index contributed by atoms with van der Waals surface area (Å²) in [4.78, 5) is 2.10. The van der Waals surface area contributed by atoms with E-state index in [1.807, 2.05) is 56.6 Å². The molecular weight excluding hydrogens is 376 g/mol. The highest BCUT2D eigenvalue weighted by Gasteiger charge is 2.14. The lowest BCUT2D eigenvalue weighted by molar-refractivity contribution is 0.265. The summed E-state index contributed by atoms with van der Waals surface area (Å²) in [7, 11) is 7.39. The predicted octanol–water partition coefficient (Wildman–Crippen LogP) is 4.64. The average Bonchev–Trinajstić information content (AvgIpc) is 2.78. The molecule has 3 rings (SSSR count). The lowest BCUT2D eigenvalue weighted by atomic mass is 10.1. The summed E-state index contributed by atoms with van der Waals surface area (Å²) in [6, 6.07) is 22.5. The monoisotopic (exact) mass is 406 g/mol. The summed E-state index contributed by atoms with van der Waals surface area (Å²) in [5, 5.41) is 3.49. The van der Waals surface area contributed by atoms with Crippen molar-refractivity contribution in [3.63, 3.8) is 0 Å². The van der Waals surface area contributed by atoms with Gasteiger partial charge in [-0.3, -0.25) is 0 Å². The maximum absolute atomic E-state index is 6.03. The highest BCUT2D eigenvalue weighted by Crippen LogP contribution is 2.39. The Hall–Kier alpha value is -3.18. The van der Waals surface area contributed by atoms with Gasteiger partial charge in [0, 0.05) is 32.9 Å². The topological polar surface area (TPSA) is 43.0 Å². The van der Waals surface area contributed by atoms with E-state index in [0.717, 1.165) is 17.7 Å². The highest BCUT2D eigenvalue weighted by molar-refractivity contribution is 5.54. The number of rotatable bonds is 10. The van der Waals surface area contributed by atoms with Crippen molar-refractivity contribution in [2.24, 2.45) is 0 Å². The first-order valence-electron chi connectivity index (χ1n) is 9.99. The maximum Gasteiger partial charge on any atom is 0.203 e. The fourth-order valence-corrected chi connectivity index (χ4v) is 3.20. The summed E-state index contributed by atoms with van der Waals surface area (Å²) >= 11 is 0. The normalized spacial score (nSPS) is 10.5. The number of hydrogen-bond donors (Lipinski definition) is 1. The molecule has 0 bridgehead atoms. The van der Waals surface area contributed by atoms with E-state index in [9.17, 15) is 0 Å². The average molecular weight is 407 g/mol. The van der Waals surface area contributed by atoms with Crippen LogP contribution in [0.4, 0.5) is 5.69 Å². The second kappa shape index (κ2) is 10.6. The minimum Gasteiger partial charge on any atom is -0.493 e. The van der Waals surface area contributed by atoms with Crippen molar-refractivity contribution >= 4 is 5.69 Å². The Morgan fingerprint density at radius 1 is 0.733 bits per heavy atom. The zero-order chi connectivity index (χ0) is 21.3. The van der Waals surface area contributed by atoms with Gasteiger partial charge in [0.1, 0.15) is 6.61 Å². The molecule has 0 saturated carbocycles. The van der Waals surface area contributed by atoms with Gasteiger partial charge < -0.3 is 24.4 Å². The second-order valence-electron chi connectivity index (χ2n) is 7.27. The number of nitrogens with one attached hydrogen (secondary N) is 1. The Kier molecular flexibility index (Phi) is 7.57. The summed E-state index contributed by atoms with van der Waals surface area (Å²) in [5.74, 6) is 1.94. The molecular formula is C25H30N2O3. The van der Waals surface area contributed by atoms with E-state index in [2.05, 4.69) is 34.5 Å². The molecule has 0 radical (unpaired) electrons. The number of benzene rings is 3. The van der Waals surface area contributed by atoms with E-state index < -0.39 is 0 Å². The van der Waals surface area contributed by atoms with Crippen molar-refractivity contribution in [3.8, 4) is 17.2 Å². The van der Waals surface area contributed by atoms with Crippen molar-refractivity contribution in [1.29, 1.82) is 0 Å². The summed E-state index contributed by atoms with van der Waals surface area (Å²) < 4.78 is 17.2. The Labute approximate surface area is 179 Å². The van der Waals surface area contributed by atoms with Crippen LogP contribution in [0.25, 0.3) is 0 Å². The summed E-state index contributed by atoms with van der Waals surface area (Å²) in [6.45, 7) is 1.92. The van der Waals surface area contributed by atoms with Crippen molar-refractivity contribution in [3.05, 3.63) is 83.4 Å². The number of hydrogen-bond acceptors (Lipinski definition) is 5. The van der Waals surface area contributed by atoms with Crippen molar-refractivity contribution < 1.29 is 14.2 Å². The molecule has 0 aliphatic heterocycles. The van der Waals surface area contributed by atoms with Crippen LogP contribution in [0.15, 0.2) is 66.7 Å². The molecule has 0 aromatic heterocycles. The van der Waals surface area contributed by atoms with Crippen LogP contribution in [0.2, 0.25) is 0 Å². The van der Waals surface area contributed by atoms with Gasteiger partial charge in [0.2, 0.25) is 5.75 Å². The minimum atomic E-state index is 0.452. The van der Waals surface area contributed by atoms with Gasteiger partial charge in [0.05, 0.1) is 14.2 Å². The summed E-state index contributed by atoms with van der Waals surface area (Å²) in [6.07, 6.45) is 0. The molecule has 158 valence electrons. The van der Waals surface area contributed by atoms with Crippen LogP contribution in [0.1, 0.15) is 16.7 Å². The van der Waals surface area contributed by atoms with E-state index in [4.69, 9.17) is 14.2 Å². The van der Waals surface area contributed by atoms with Crippen molar-refractivity contribution in [2.75, 3.05) is 33.2 Å².